The molecule has 6 rings (SSSR count). The minimum absolute atomic E-state index is 0. The van der Waals surface area contributed by atoms with Crippen LogP contribution in [0.15, 0.2) is 40.9 Å². The highest BCUT2D eigenvalue weighted by molar-refractivity contribution is 15.0. The molecule has 0 spiro atoms. The number of rotatable bonds is 4. The van der Waals surface area contributed by atoms with Crippen molar-refractivity contribution in [3.05, 3.63) is 68.9 Å². The number of nitrogens with zero attached hydrogens (tertiary/aromatic N) is 1. The molecule has 2 aromatic heterocycles. The molecule has 4 N–H and O–H groups in total. The highest BCUT2D eigenvalue weighted by atomic mass is 128. The Morgan fingerprint density at radius 2 is 1.30 bits per heavy atom. The molecule has 0 saturated heterocycles. The normalized spacial score (nSPS) is 16.1. The summed E-state index contributed by atoms with van der Waals surface area (Å²) in [5.41, 5.74) is 7.69. The van der Waals surface area contributed by atoms with Crippen LogP contribution in [0.1, 0.15) is 55.8 Å². The average molecular weight is 1000 g/mol. The third kappa shape index (κ3) is 9.15. The molecule has 4 aromatic rings. The molecule has 13 heteroatoms. The van der Waals surface area contributed by atoms with E-state index in [1.807, 2.05) is 52.0 Å². The second-order valence-corrected chi connectivity index (χ2v) is 12.0. The first kappa shape index (κ1) is 36.7. The number of alkyl carbamates (subject to hydrolysis) is 2. The maximum absolute atomic E-state index is 11.7. The highest BCUT2D eigenvalue weighted by Gasteiger charge is 2.28. The van der Waals surface area contributed by atoms with E-state index in [0.717, 1.165) is 52.3 Å². The van der Waals surface area contributed by atoms with Gasteiger partial charge in [-0.1, -0.05) is 15.9 Å². The monoisotopic (exact) mass is 1000 g/mol. The number of amides is 2. The third-order valence-corrected chi connectivity index (χ3v) is 7.70. The number of carbonyl (C=O) groups excluding carboxylic acids is 2. The number of fused-ring (bicyclic) bond motifs is 6. The number of carbonyl (C=O) groups is 2. The number of hydrogen-bond donors (Lipinski definition) is 4. The average Bonchev–Trinajstić information content (AvgIpc) is 3.68. The number of benzene rings is 2. The van der Waals surface area contributed by atoms with E-state index in [1.165, 1.54) is 22.2 Å². The number of nitriles is 1. The van der Waals surface area contributed by atoms with Crippen molar-refractivity contribution >= 4 is 111 Å². The smallest absolute Gasteiger partial charge is 0.407 e. The molecular weight excluding hydrogens is 967 g/mol. The van der Waals surface area contributed by atoms with E-state index in [2.05, 4.69) is 92.0 Å². The summed E-state index contributed by atoms with van der Waals surface area (Å²) in [5, 5.41) is 17.1. The Hall–Kier alpha value is -1.78. The lowest BCUT2D eigenvalue weighted by Gasteiger charge is -2.14. The fourth-order valence-corrected chi connectivity index (χ4v) is 5.99. The molecule has 0 radical (unpaired) electrons. The van der Waals surface area contributed by atoms with Crippen LogP contribution in [0.25, 0.3) is 21.8 Å². The van der Waals surface area contributed by atoms with Crippen LogP contribution in [0, 0.1) is 11.3 Å². The lowest BCUT2D eigenvalue weighted by molar-refractivity contribution is 0.111. The fraction of sp³-hybridized carbons (Fsp3) is 0.387. The number of halogens is 4. The van der Waals surface area contributed by atoms with Crippen molar-refractivity contribution in [2.75, 3.05) is 0 Å². The zero-order chi connectivity index (χ0) is 31.3. The minimum atomic E-state index is -0.373. The van der Waals surface area contributed by atoms with Crippen molar-refractivity contribution < 1.29 is 19.1 Å². The van der Waals surface area contributed by atoms with Gasteiger partial charge in [-0.3, -0.25) is 0 Å². The molecule has 0 fully saturated rings. The Bertz CT molecular complexity index is 1660. The lowest BCUT2D eigenvalue weighted by atomic mass is 10.1. The van der Waals surface area contributed by atoms with Crippen LogP contribution in [0.3, 0.4) is 0 Å². The summed E-state index contributed by atoms with van der Waals surface area (Å²) in [4.78, 5) is 30.1. The van der Waals surface area contributed by atoms with Crippen molar-refractivity contribution in [2.24, 2.45) is 0 Å². The molecule has 2 aliphatic carbocycles. The van der Waals surface area contributed by atoms with E-state index in [0.29, 0.717) is 5.56 Å². The number of H-pyrrole nitrogens is 2. The summed E-state index contributed by atoms with van der Waals surface area (Å²) >= 11 is 7.74. The summed E-state index contributed by atoms with van der Waals surface area (Å²) in [7, 11) is 0. The van der Waals surface area contributed by atoms with Gasteiger partial charge in [-0.25, -0.2) is 9.59 Å². The molecule has 0 bridgehead atoms. The van der Waals surface area contributed by atoms with E-state index in [4.69, 9.17) is 14.7 Å². The maximum Gasteiger partial charge on any atom is 0.407 e. The summed E-state index contributed by atoms with van der Waals surface area (Å²) in [5.74, 6) is 0. The van der Waals surface area contributed by atoms with Gasteiger partial charge >= 0.3 is 12.2 Å². The summed E-state index contributed by atoms with van der Waals surface area (Å²) < 4.78 is 11.3. The Balaban J connectivity index is 0.000000223. The summed E-state index contributed by atoms with van der Waals surface area (Å²) in [6.07, 6.45) is 2.28. The highest BCUT2D eigenvalue weighted by Crippen LogP contribution is 2.32. The van der Waals surface area contributed by atoms with Crippen molar-refractivity contribution in [1.82, 2.24) is 20.6 Å². The van der Waals surface area contributed by atoms with Crippen LogP contribution in [-0.4, -0.2) is 46.4 Å². The first-order valence-corrected chi connectivity index (χ1v) is 21.1. The third-order valence-electron chi connectivity index (χ3n) is 7.21. The number of aromatic amines is 2. The van der Waals surface area contributed by atoms with Crippen molar-refractivity contribution in [2.45, 2.75) is 77.7 Å². The number of nitrogens with one attached hydrogen (secondary N) is 4. The van der Waals surface area contributed by atoms with Gasteiger partial charge in [0, 0.05) is 99.8 Å². The van der Waals surface area contributed by atoms with Gasteiger partial charge in [-0.15, -0.1) is 24.0 Å². The van der Waals surface area contributed by atoms with Crippen LogP contribution < -0.4 is 10.6 Å². The van der Waals surface area contributed by atoms with Gasteiger partial charge in [0.05, 0.1) is 23.8 Å². The Morgan fingerprint density at radius 3 is 1.75 bits per heavy atom. The van der Waals surface area contributed by atoms with Crippen LogP contribution in [0.2, 0.25) is 0 Å². The van der Waals surface area contributed by atoms with E-state index in [9.17, 15) is 9.59 Å². The quantitative estimate of drug-likeness (QED) is 0.152. The van der Waals surface area contributed by atoms with Crippen LogP contribution >= 0.6 is 77.1 Å². The molecule has 2 aliphatic rings. The molecule has 2 heterocycles. The van der Waals surface area contributed by atoms with E-state index < -0.39 is 0 Å². The van der Waals surface area contributed by atoms with Gasteiger partial charge in [0.2, 0.25) is 0 Å². The topological polar surface area (TPSA) is 132 Å². The number of aromatic nitrogens is 2. The lowest BCUT2D eigenvalue weighted by Crippen LogP contribution is -2.37. The van der Waals surface area contributed by atoms with Crippen molar-refractivity contribution in [1.29, 1.82) is 5.26 Å². The molecule has 2 amide bonds. The van der Waals surface area contributed by atoms with E-state index in [-0.39, 0.29) is 60.5 Å². The zero-order valence-corrected chi connectivity index (χ0v) is 33.0. The first-order chi connectivity index (χ1) is 20.6. The maximum atomic E-state index is 11.7. The van der Waals surface area contributed by atoms with Gasteiger partial charge < -0.3 is 30.1 Å². The van der Waals surface area contributed by atoms with Gasteiger partial charge in [-0.2, -0.15) is 5.26 Å². The number of ether oxygens (including phenoxy) is 2. The molecule has 0 aliphatic heterocycles. The van der Waals surface area contributed by atoms with E-state index >= 15 is 0 Å². The predicted molar refractivity (Wildman–Crippen MR) is 204 cm³/mol. The largest absolute Gasteiger partial charge is 0.447 e. The minimum Gasteiger partial charge on any atom is -0.447 e. The SMILES string of the molecule is CC(C)OC(=O)N[C@@H]1Cc2[nH]c3ccc(Br)cc3c2C1.CC(C)OC(=O)N[C@@H]1Cc2[nH]c3ccc(C#N)cc3c2C1.I.II. The van der Waals surface area contributed by atoms with Gasteiger partial charge in [0.25, 0.3) is 0 Å². The molecule has 2 aromatic carbocycles. The van der Waals surface area contributed by atoms with Crippen LogP contribution in [-0.2, 0) is 35.2 Å². The van der Waals surface area contributed by atoms with Crippen molar-refractivity contribution in [3.8, 4) is 6.07 Å². The second kappa shape index (κ2) is 16.7. The molecule has 0 unspecified atom stereocenters. The zero-order valence-electron chi connectivity index (χ0n) is 24.7. The van der Waals surface area contributed by atoms with E-state index in [1.54, 1.807) is 0 Å². The van der Waals surface area contributed by atoms with Gasteiger partial charge in [-0.05, 0) is 88.1 Å². The molecular formula is C31H35BrI3N5O4. The molecule has 44 heavy (non-hydrogen) atoms. The predicted octanol–water partition coefficient (Wildman–Crippen LogP) is 8.56. The van der Waals surface area contributed by atoms with Crippen molar-refractivity contribution in [3.63, 3.8) is 0 Å². The summed E-state index contributed by atoms with van der Waals surface area (Å²) in [6, 6.07) is 14.2. The van der Waals surface area contributed by atoms with Crippen LogP contribution in [0.5, 0.6) is 0 Å². The second-order valence-electron chi connectivity index (χ2n) is 11.1. The molecule has 0 saturated carbocycles. The van der Waals surface area contributed by atoms with Gasteiger partial charge in [0.15, 0.2) is 0 Å². The standard InChI is InChI=1S/C16H17N3O2.C15H17BrN2O2.I2.HI/c1-9(2)21-16(20)18-11-6-13-12-5-10(8-17)3-4-14(12)19-15(13)7-11;1-8(2)20-15(19)17-10-6-12-11-5-9(16)3-4-13(11)18-14(12)7-10;1-2;/h3-5,9,11,19H,6-7H2,1-2H3,(H,18,20);3-5,8,10,18H,6-7H2,1-2H3,(H,17,19);;1H/t11-;10-;;/m00../s1. The van der Waals surface area contributed by atoms with Crippen LogP contribution in [0.4, 0.5) is 9.59 Å². The molecule has 236 valence electrons. The molecule has 2 atom stereocenters. The summed E-state index contributed by atoms with van der Waals surface area (Å²) in [6.45, 7) is 7.35. The Labute approximate surface area is 305 Å². The van der Waals surface area contributed by atoms with Gasteiger partial charge in [0.1, 0.15) is 0 Å². The fourth-order valence-electron chi connectivity index (χ4n) is 5.63. The number of hydrogen-bond acceptors (Lipinski definition) is 5. The first-order valence-electron chi connectivity index (χ1n) is 14.0. The Kier molecular flexibility index (Phi) is 13.9. The Morgan fingerprint density at radius 1 is 0.841 bits per heavy atom. The molecule has 9 nitrogen and oxygen atoms in total.